The number of nitrogens with one attached hydrogen (secondary N) is 2. The predicted molar refractivity (Wildman–Crippen MR) is 151 cm³/mol. The van der Waals surface area contributed by atoms with Crippen LogP contribution >= 0.6 is 0 Å². The Morgan fingerprint density at radius 1 is 0.917 bits per heavy atom. The van der Waals surface area contributed by atoms with Crippen LogP contribution in [-0.4, -0.2) is 29.0 Å². The first-order valence-corrected chi connectivity index (χ1v) is 12.6. The summed E-state index contributed by atoms with van der Waals surface area (Å²) >= 11 is 0. The molecule has 0 spiro atoms. The predicted octanol–water partition coefficient (Wildman–Crippen LogP) is 5.89. The van der Waals surface area contributed by atoms with Crippen LogP contribution < -0.4 is 15.9 Å². The zero-order valence-electron chi connectivity index (χ0n) is 22.0. The van der Waals surface area contributed by atoms with E-state index in [1.807, 2.05) is 12.3 Å². The molecule has 0 fully saturated rings. The number of nitrogens with zero attached hydrogens (tertiary/aromatic N) is 3. The minimum atomic E-state index is 0.764. The lowest BCUT2D eigenvalue weighted by atomic mass is 10.0. The number of hydrogen-bond donors (Lipinski definition) is 2. The van der Waals surface area contributed by atoms with E-state index in [9.17, 15) is 0 Å². The fourth-order valence-electron chi connectivity index (χ4n) is 5.64. The van der Waals surface area contributed by atoms with E-state index in [-0.39, 0.29) is 0 Å². The summed E-state index contributed by atoms with van der Waals surface area (Å²) in [5.74, 6) is 0. The van der Waals surface area contributed by atoms with Gasteiger partial charge in [-0.1, -0.05) is 54.6 Å². The molecule has 0 unspecified atom stereocenters. The SMILES string of the molecule is C=Cc1ccc(CN2NNC=C2c2cc(C)c(N3C=[N+](c4c(C)cc(C)cc4C)CC3)c(C)c2)cc1. The Balaban J connectivity index is 1.40. The number of aryl methyl sites for hydroxylation is 5. The lowest BCUT2D eigenvalue weighted by Gasteiger charge is -2.23. The molecule has 0 aromatic heterocycles. The molecule has 0 bridgehead atoms. The van der Waals surface area contributed by atoms with Crippen molar-refractivity contribution < 1.29 is 4.58 Å². The van der Waals surface area contributed by atoms with Crippen molar-refractivity contribution in [3.05, 3.63) is 106 Å². The summed E-state index contributed by atoms with van der Waals surface area (Å²) in [6.45, 7) is 17.6. The highest BCUT2D eigenvalue weighted by Gasteiger charge is 2.28. The van der Waals surface area contributed by atoms with Crippen molar-refractivity contribution in [1.29, 1.82) is 0 Å². The molecular formula is C31H36N5+. The van der Waals surface area contributed by atoms with Gasteiger partial charge in [-0.3, -0.25) is 5.01 Å². The first-order valence-electron chi connectivity index (χ1n) is 12.6. The minimum Gasteiger partial charge on any atom is -0.309 e. The maximum absolute atomic E-state index is 3.85. The van der Waals surface area contributed by atoms with Crippen molar-refractivity contribution in [1.82, 2.24) is 16.0 Å². The molecular weight excluding hydrogens is 442 g/mol. The maximum atomic E-state index is 3.85. The lowest BCUT2D eigenvalue weighted by Crippen LogP contribution is -2.36. The van der Waals surface area contributed by atoms with Crippen LogP contribution in [-0.2, 0) is 6.54 Å². The highest BCUT2D eigenvalue weighted by molar-refractivity contribution is 5.83. The van der Waals surface area contributed by atoms with E-state index in [4.69, 9.17) is 0 Å². The molecule has 2 N–H and O–H groups in total. The summed E-state index contributed by atoms with van der Waals surface area (Å²) in [6.07, 6.45) is 6.20. The van der Waals surface area contributed by atoms with E-state index in [0.29, 0.717) is 0 Å². The molecule has 3 aromatic carbocycles. The molecule has 2 aliphatic rings. The van der Waals surface area contributed by atoms with Crippen molar-refractivity contribution >= 4 is 29.5 Å². The van der Waals surface area contributed by atoms with Gasteiger partial charge in [-0.05, 0) is 80.1 Å². The van der Waals surface area contributed by atoms with Gasteiger partial charge < -0.3 is 5.43 Å². The van der Waals surface area contributed by atoms with Crippen molar-refractivity contribution in [3.63, 3.8) is 0 Å². The summed E-state index contributed by atoms with van der Waals surface area (Å²) < 4.78 is 2.41. The van der Waals surface area contributed by atoms with E-state index < -0.39 is 0 Å². The van der Waals surface area contributed by atoms with Crippen LogP contribution in [0.5, 0.6) is 0 Å². The van der Waals surface area contributed by atoms with Crippen LogP contribution in [0.2, 0.25) is 0 Å². The summed E-state index contributed by atoms with van der Waals surface area (Å²) in [4.78, 5) is 2.41. The van der Waals surface area contributed by atoms with Gasteiger partial charge in [-0.15, -0.1) is 5.53 Å². The molecule has 36 heavy (non-hydrogen) atoms. The van der Waals surface area contributed by atoms with Crippen LogP contribution in [0, 0.1) is 34.6 Å². The zero-order chi connectivity index (χ0) is 25.4. The van der Waals surface area contributed by atoms with E-state index >= 15 is 0 Å². The van der Waals surface area contributed by atoms with Gasteiger partial charge in [-0.25, -0.2) is 9.48 Å². The van der Waals surface area contributed by atoms with Crippen LogP contribution in [0.25, 0.3) is 11.8 Å². The molecule has 3 aromatic rings. The topological polar surface area (TPSA) is 33.5 Å². The Kier molecular flexibility index (Phi) is 6.42. The smallest absolute Gasteiger partial charge is 0.244 e. The number of anilines is 1. The fraction of sp³-hybridized carbons (Fsp3) is 0.258. The van der Waals surface area contributed by atoms with Gasteiger partial charge in [0, 0.05) is 11.8 Å². The Morgan fingerprint density at radius 2 is 1.58 bits per heavy atom. The first kappa shape index (κ1) is 23.9. The second-order valence-corrected chi connectivity index (χ2v) is 10.0. The van der Waals surface area contributed by atoms with E-state index in [2.05, 4.69) is 122 Å². The van der Waals surface area contributed by atoms with Crippen molar-refractivity contribution in [2.75, 3.05) is 18.0 Å². The lowest BCUT2D eigenvalue weighted by molar-refractivity contribution is -0.425. The summed E-state index contributed by atoms with van der Waals surface area (Å²) in [5.41, 5.74) is 20.4. The Labute approximate surface area is 215 Å². The second-order valence-electron chi connectivity index (χ2n) is 10.0. The van der Waals surface area contributed by atoms with Gasteiger partial charge in [0.05, 0.1) is 12.2 Å². The molecule has 5 rings (SSSR count). The van der Waals surface area contributed by atoms with E-state index in [1.54, 1.807) is 0 Å². The van der Waals surface area contributed by atoms with Gasteiger partial charge in [0.25, 0.3) is 0 Å². The van der Waals surface area contributed by atoms with Gasteiger partial charge in [0.15, 0.2) is 0 Å². The minimum absolute atomic E-state index is 0.764. The normalized spacial score (nSPS) is 15.1. The van der Waals surface area contributed by atoms with Crippen molar-refractivity contribution in [2.45, 2.75) is 41.2 Å². The standard InChI is InChI=1S/C31H36N5/c1-7-26-8-10-27(11-9-26)19-36-29(18-32-33-36)28-16-24(5)31(25(6)17-28)35-13-12-34(20-35)30-22(3)14-21(2)15-23(30)4/h7-11,14-18,20,32-33H,1,12-13,19H2,2-6H3/q+1. The second kappa shape index (κ2) is 9.67. The summed E-state index contributed by atoms with van der Waals surface area (Å²) in [7, 11) is 0. The maximum Gasteiger partial charge on any atom is 0.244 e. The fourth-order valence-corrected chi connectivity index (χ4v) is 5.64. The number of rotatable bonds is 6. The van der Waals surface area contributed by atoms with Gasteiger partial charge in [-0.2, -0.15) is 0 Å². The number of hydrogen-bond acceptors (Lipinski definition) is 4. The Morgan fingerprint density at radius 3 is 2.22 bits per heavy atom. The summed E-state index contributed by atoms with van der Waals surface area (Å²) in [5, 5.41) is 2.16. The molecule has 0 aliphatic carbocycles. The molecule has 184 valence electrons. The Hall–Kier alpha value is -3.83. The first-order chi connectivity index (χ1) is 17.3. The molecule has 0 saturated carbocycles. The number of hydrazine groups is 2. The molecule has 5 heteroatoms. The van der Waals surface area contributed by atoms with Crippen molar-refractivity contribution in [2.24, 2.45) is 0 Å². The largest absolute Gasteiger partial charge is 0.309 e. The zero-order valence-corrected chi connectivity index (χ0v) is 22.0. The molecule has 0 saturated heterocycles. The van der Waals surface area contributed by atoms with Gasteiger partial charge in [0.1, 0.15) is 24.5 Å². The average Bonchev–Trinajstić information content (AvgIpc) is 3.48. The highest BCUT2D eigenvalue weighted by Crippen LogP contribution is 2.33. The number of benzene rings is 3. The quantitative estimate of drug-likeness (QED) is 0.433. The molecule has 0 amide bonds. The monoisotopic (exact) mass is 478 g/mol. The van der Waals surface area contributed by atoms with Crippen LogP contribution in [0.1, 0.15) is 44.5 Å². The molecule has 5 nitrogen and oxygen atoms in total. The molecule has 2 aliphatic heterocycles. The van der Waals surface area contributed by atoms with Gasteiger partial charge in [0.2, 0.25) is 6.34 Å². The third kappa shape index (κ3) is 4.54. The molecule has 0 atom stereocenters. The van der Waals surface area contributed by atoms with E-state index in [1.165, 1.54) is 50.3 Å². The highest BCUT2D eigenvalue weighted by atomic mass is 15.7. The van der Waals surface area contributed by atoms with Crippen molar-refractivity contribution in [3.8, 4) is 0 Å². The third-order valence-electron chi connectivity index (χ3n) is 7.11. The van der Waals surface area contributed by atoms with Crippen LogP contribution in [0.15, 0.2) is 61.3 Å². The third-order valence-corrected chi connectivity index (χ3v) is 7.11. The molecule has 0 radical (unpaired) electrons. The van der Waals surface area contributed by atoms with E-state index in [0.717, 1.165) is 30.9 Å². The van der Waals surface area contributed by atoms with Gasteiger partial charge >= 0.3 is 0 Å². The summed E-state index contributed by atoms with van der Waals surface area (Å²) in [6, 6.07) is 17.7. The van der Waals surface area contributed by atoms with Crippen LogP contribution in [0.3, 0.4) is 0 Å². The molecule has 2 heterocycles. The average molecular weight is 479 g/mol. The van der Waals surface area contributed by atoms with Crippen LogP contribution in [0.4, 0.5) is 11.4 Å². The Bertz CT molecular complexity index is 1330.